The number of nitrogens with zero attached hydrogens (tertiary/aromatic N) is 1. The molecule has 0 aliphatic carbocycles. The normalized spacial score (nSPS) is 10.6. The van der Waals surface area contributed by atoms with Crippen molar-refractivity contribution in [1.29, 1.82) is 0 Å². The van der Waals surface area contributed by atoms with Gasteiger partial charge in [0.1, 0.15) is 5.82 Å². The van der Waals surface area contributed by atoms with Crippen molar-refractivity contribution in [1.82, 2.24) is 15.5 Å². The number of benzene rings is 1. The van der Waals surface area contributed by atoms with Crippen molar-refractivity contribution in [2.45, 2.75) is 13.5 Å². The van der Waals surface area contributed by atoms with E-state index in [9.17, 15) is 4.39 Å². The topological polar surface area (TPSA) is 40.7 Å². The van der Waals surface area contributed by atoms with Crippen LogP contribution in [0.1, 0.15) is 12.6 Å². The van der Waals surface area contributed by atoms with Gasteiger partial charge in [0.05, 0.1) is 5.69 Å². The lowest BCUT2D eigenvalue weighted by Gasteiger charge is -1.96. The van der Waals surface area contributed by atoms with Crippen LogP contribution in [0.25, 0.3) is 11.3 Å². The smallest absolute Gasteiger partial charge is 0.123 e. The van der Waals surface area contributed by atoms with Crippen molar-refractivity contribution in [3.63, 3.8) is 0 Å². The standard InChI is InChI=1S/C12H14FN3/c1-2-14-8-11-7-12(16-15-11)9-3-5-10(13)6-4-9/h3-7,14H,2,8H2,1H3,(H,15,16). The molecule has 0 atom stereocenters. The van der Waals surface area contributed by atoms with E-state index in [0.717, 1.165) is 30.0 Å². The molecule has 0 aliphatic rings. The van der Waals surface area contributed by atoms with Crippen LogP contribution in [-0.4, -0.2) is 16.7 Å². The Hall–Kier alpha value is -1.68. The van der Waals surface area contributed by atoms with E-state index in [1.165, 1.54) is 12.1 Å². The predicted octanol–water partition coefficient (Wildman–Crippen LogP) is 2.33. The number of hydrogen-bond acceptors (Lipinski definition) is 2. The third-order valence-electron chi connectivity index (χ3n) is 2.34. The molecule has 0 saturated heterocycles. The van der Waals surface area contributed by atoms with Gasteiger partial charge in [-0.3, -0.25) is 5.10 Å². The second kappa shape index (κ2) is 4.90. The Bertz CT molecular complexity index is 448. The first-order chi connectivity index (χ1) is 7.79. The summed E-state index contributed by atoms with van der Waals surface area (Å²) >= 11 is 0. The van der Waals surface area contributed by atoms with E-state index < -0.39 is 0 Å². The lowest BCUT2D eigenvalue weighted by atomic mass is 10.1. The first-order valence-corrected chi connectivity index (χ1v) is 5.30. The quantitative estimate of drug-likeness (QED) is 0.828. The molecule has 0 spiro atoms. The van der Waals surface area contributed by atoms with Crippen LogP contribution in [0, 0.1) is 5.82 Å². The van der Waals surface area contributed by atoms with Gasteiger partial charge in [0.25, 0.3) is 0 Å². The van der Waals surface area contributed by atoms with Gasteiger partial charge in [0.15, 0.2) is 0 Å². The summed E-state index contributed by atoms with van der Waals surface area (Å²) < 4.78 is 12.7. The zero-order chi connectivity index (χ0) is 11.4. The van der Waals surface area contributed by atoms with E-state index in [4.69, 9.17) is 0 Å². The van der Waals surface area contributed by atoms with Gasteiger partial charge in [-0.25, -0.2) is 4.39 Å². The Kier molecular flexibility index (Phi) is 3.31. The molecule has 16 heavy (non-hydrogen) atoms. The van der Waals surface area contributed by atoms with Gasteiger partial charge in [-0.1, -0.05) is 6.92 Å². The largest absolute Gasteiger partial charge is 0.311 e. The number of aromatic amines is 1. The van der Waals surface area contributed by atoms with Gasteiger partial charge in [-0.15, -0.1) is 0 Å². The zero-order valence-corrected chi connectivity index (χ0v) is 9.13. The Morgan fingerprint density at radius 3 is 2.75 bits per heavy atom. The number of rotatable bonds is 4. The van der Waals surface area contributed by atoms with Crippen LogP contribution in [0.4, 0.5) is 4.39 Å². The highest BCUT2D eigenvalue weighted by atomic mass is 19.1. The van der Waals surface area contributed by atoms with Crippen molar-refractivity contribution < 1.29 is 4.39 Å². The summed E-state index contributed by atoms with van der Waals surface area (Å²) in [5, 5.41) is 10.3. The number of aromatic nitrogens is 2. The number of hydrogen-bond donors (Lipinski definition) is 2. The summed E-state index contributed by atoms with van der Waals surface area (Å²) in [6.45, 7) is 3.74. The molecule has 2 rings (SSSR count). The van der Waals surface area contributed by atoms with Crippen LogP contribution in [0.3, 0.4) is 0 Å². The fraction of sp³-hybridized carbons (Fsp3) is 0.250. The Labute approximate surface area is 93.7 Å². The fourth-order valence-electron chi connectivity index (χ4n) is 1.48. The zero-order valence-electron chi connectivity index (χ0n) is 9.13. The highest BCUT2D eigenvalue weighted by Gasteiger charge is 2.03. The molecule has 2 aromatic rings. The summed E-state index contributed by atoms with van der Waals surface area (Å²) in [4.78, 5) is 0. The fourth-order valence-corrected chi connectivity index (χ4v) is 1.48. The van der Waals surface area contributed by atoms with E-state index in [-0.39, 0.29) is 5.82 Å². The maximum Gasteiger partial charge on any atom is 0.123 e. The van der Waals surface area contributed by atoms with Gasteiger partial charge in [-0.05, 0) is 36.9 Å². The highest BCUT2D eigenvalue weighted by molar-refractivity contribution is 5.58. The molecule has 4 heteroatoms. The monoisotopic (exact) mass is 219 g/mol. The summed E-state index contributed by atoms with van der Waals surface area (Å²) in [6, 6.07) is 8.29. The molecule has 2 N–H and O–H groups in total. The van der Waals surface area contributed by atoms with E-state index in [1.54, 1.807) is 12.1 Å². The molecular formula is C12H14FN3. The predicted molar refractivity (Wildman–Crippen MR) is 61.4 cm³/mol. The van der Waals surface area contributed by atoms with Crippen molar-refractivity contribution in [3.8, 4) is 11.3 Å². The minimum Gasteiger partial charge on any atom is -0.311 e. The average Bonchev–Trinajstić information content (AvgIpc) is 2.76. The lowest BCUT2D eigenvalue weighted by molar-refractivity contribution is 0.628. The molecule has 84 valence electrons. The maximum absolute atomic E-state index is 12.7. The minimum atomic E-state index is -0.229. The number of nitrogens with one attached hydrogen (secondary N) is 2. The van der Waals surface area contributed by atoms with E-state index in [1.807, 2.05) is 6.07 Å². The van der Waals surface area contributed by atoms with Crippen LogP contribution in [0.2, 0.25) is 0 Å². The third-order valence-corrected chi connectivity index (χ3v) is 2.34. The van der Waals surface area contributed by atoms with Crippen molar-refractivity contribution >= 4 is 0 Å². The average molecular weight is 219 g/mol. The molecule has 0 unspecified atom stereocenters. The molecule has 0 fully saturated rings. The Balaban J connectivity index is 2.15. The van der Waals surface area contributed by atoms with Crippen molar-refractivity contribution in [2.24, 2.45) is 0 Å². The second-order valence-corrected chi connectivity index (χ2v) is 3.57. The second-order valence-electron chi connectivity index (χ2n) is 3.57. The van der Waals surface area contributed by atoms with Crippen molar-refractivity contribution in [3.05, 3.63) is 41.8 Å². The van der Waals surface area contributed by atoms with E-state index >= 15 is 0 Å². The lowest BCUT2D eigenvalue weighted by Crippen LogP contribution is -2.11. The summed E-state index contributed by atoms with van der Waals surface area (Å²) in [5.41, 5.74) is 2.79. The van der Waals surface area contributed by atoms with Gasteiger partial charge >= 0.3 is 0 Å². The molecule has 0 radical (unpaired) electrons. The SMILES string of the molecule is CCNCc1cc(-c2ccc(F)cc2)n[nH]1. The number of halogens is 1. The summed E-state index contributed by atoms with van der Waals surface area (Å²) in [5.74, 6) is -0.229. The molecule has 0 aliphatic heterocycles. The summed E-state index contributed by atoms with van der Waals surface area (Å²) in [6.07, 6.45) is 0. The van der Waals surface area contributed by atoms with Crippen LogP contribution >= 0.6 is 0 Å². The molecule has 0 saturated carbocycles. The van der Waals surface area contributed by atoms with E-state index in [0.29, 0.717) is 0 Å². The summed E-state index contributed by atoms with van der Waals surface area (Å²) in [7, 11) is 0. The van der Waals surface area contributed by atoms with Gasteiger partial charge < -0.3 is 5.32 Å². The van der Waals surface area contributed by atoms with Crippen LogP contribution in [0.15, 0.2) is 30.3 Å². The highest BCUT2D eigenvalue weighted by Crippen LogP contribution is 2.17. The Morgan fingerprint density at radius 2 is 2.06 bits per heavy atom. The molecule has 3 nitrogen and oxygen atoms in total. The Morgan fingerprint density at radius 1 is 1.31 bits per heavy atom. The molecule has 1 aromatic carbocycles. The van der Waals surface area contributed by atoms with Gasteiger partial charge in [0.2, 0.25) is 0 Å². The maximum atomic E-state index is 12.7. The first kappa shape index (κ1) is 10.8. The third kappa shape index (κ3) is 2.46. The van der Waals surface area contributed by atoms with Crippen LogP contribution < -0.4 is 5.32 Å². The minimum absolute atomic E-state index is 0.229. The molecule has 0 bridgehead atoms. The molecule has 1 heterocycles. The van der Waals surface area contributed by atoms with E-state index in [2.05, 4.69) is 22.4 Å². The molecular weight excluding hydrogens is 205 g/mol. The van der Waals surface area contributed by atoms with Crippen LogP contribution in [-0.2, 0) is 6.54 Å². The first-order valence-electron chi connectivity index (χ1n) is 5.30. The van der Waals surface area contributed by atoms with Crippen LogP contribution in [0.5, 0.6) is 0 Å². The number of H-pyrrole nitrogens is 1. The van der Waals surface area contributed by atoms with Crippen molar-refractivity contribution in [2.75, 3.05) is 6.54 Å². The molecule has 1 aromatic heterocycles. The molecule has 0 amide bonds. The van der Waals surface area contributed by atoms with Gasteiger partial charge in [0, 0.05) is 17.8 Å². The van der Waals surface area contributed by atoms with Gasteiger partial charge in [-0.2, -0.15) is 5.10 Å².